The predicted molar refractivity (Wildman–Crippen MR) is 70.1 cm³/mol. The second kappa shape index (κ2) is 4.85. The Hall–Kier alpha value is -2.15. The van der Waals surface area contributed by atoms with Crippen LogP contribution in [0, 0.1) is 10.1 Å². The van der Waals surface area contributed by atoms with Crippen LogP contribution in [0.2, 0.25) is 0 Å². The molecule has 1 aromatic heterocycles. The third-order valence-corrected chi connectivity index (χ3v) is 2.96. The molecule has 7 nitrogen and oxygen atoms in total. The van der Waals surface area contributed by atoms with Crippen LogP contribution in [0.25, 0.3) is 11.1 Å². The van der Waals surface area contributed by atoms with E-state index in [9.17, 15) is 15.2 Å². The number of hydrogen-bond acceptors (Lipinski definition) is 6. The molecule has 2 aromatic rings. The molecule has 2 rings (SSSR count). The highest BCUT2D eigenvalue weighted by Gasteiger charge is 2.18. The number of non-ortho nitro benzene ring substituents is 1. The normalized spacial score (nSPS) is 14.3. The topological polar surface area (TPSA) is 101 Å². The number of benzene rings is 1. The highest BCUT2D eigenvalue weighted by Crippen LogP contribution is 2.24. The van der Waals surface area contributed by atoms with Gasteiger partial charge in [-0.05, 0) is 19.4 Å². The molecule has 1 atom stereocenters. The molecule has 0 bridgehead atoms. The van der Waals surface area contributed by atoms with Gasteiger partial charge in [0.25, 0.3) is 11.7 Å². The first kappa shape index (κ1) is 13.3. The molecule has 19 heavy (non-hydrogen) atoms. The molecule has 1 unspecified atom stereocenters. The molecule has 0 radical (unpaired) electrons. The first-order valence-corrected chi connectivity index (χ1v) is 5.92. The Morgan fingerprint density at radius 1 is 1.58 bits per heavy atom. The maximum Gasteiger partial charge on any atom is 0.295 e. The highest BCUT2D eigenvalue weighted by atomic mass is 16.6. The van der Waals surface area contributed by atoms with E-state index < -0.39 is 10.5 Å². The van der Waals surface area contributed by atoms with Crippen molar-refractivity contribution in [3.05, 3.63) is 28.3 Å². The van der Waals surface area contributed by atoms with Crippen molar-refractivity contribution in [2.45, 2.75) is 25.9 Å². The molecule has 7 heteroatoms. The van der Waals surface area contributed by atoms with Gasteiger partial charge in [-0.3, -0.25) is 10.1 Å². The van der Waals surface area contributed by atoms with Crippen LogP contribution < -0.4 is 5.32 Å². The summed E-state index contributed by atoms with van der Waals surface area (Å²) in [5, 5.41) is 23.4. The van der Waals surface area contributed by atoms with Gasteiger partial charge in [0, 0.05) is 12.6 Å². The summed E-state index contributed by atoms with van der Waals surface area (Å²) in [5.41, 5.74) is -0.0278. The van der Waals surface area contributed by atoms with E-state index >= 15 is 0 Å². The Morgan fingerprint density at radius 3 is 2.95 bits per heavy atom. The van der Waals surface area contributed by atoms with Crippen LogP contribution >= 0.6 is 0 Å². The fourth-order valence-electron chi connectivity index (χ4n) is 1.49. The summed E-state index contributed by atoms with van der Waals surface area (Å²) in [5.74, 6) is 0. The standard InChI is InChI=1S/C12H15N3O4/c1-3-12(2,16)7-13-11-14-9-5-4-8(15(17)18)6-10(9)19-11/h4-6,16H,3,7H2,1-2H3,(H,13,14). The van der Waals surface area contributed by atoms with Gasteiger partial charge in [-0.25, -0.2) is 0 Å². The fraction of sp³-hybridized carbons (Fsp3) is 0.417. The summed E-state index contributed by atoms with van der Waals surface area (Å²) in [6.45, 7) is 3.86. The van der Waals surface area contributed by atoms with Gasteiger partial charge < -0.3 is 14.8 Å². The second-order valence-electron chi connectivity index (χ2n) is 4.63. The quantitative estimate of drug-likeness (QED) is 0.635. The highest BCUT2D eigenvalue weighted by molar-refractivity contribution is 5.77. The van der Waals surface area contributed by atoms with Crippen LogP contribution in [-0.2, 0) is 0 Å². The Balaban J connectivity index is 2.20. The molecule has 0 spiro atoms. The van der Waals surface area contributed by atoms with Gasteiger partial charge in [0.05, 0.1) is 16.6 Å². The number of fused-ring (bicyclic) bond motifs is 1. The summed E-state index contributed by atoms with van der Waals surface area (Å²) >= 11 is 0. The Bertz CT molecular complexity index is 606. The summed E-state index contributed by atoms with van der Waals surface area (Å²) in [7, 11) is 0. The number of nitro benzene ring substituents is 1. The van der Waals surface area contributed by atoms with E-state index in [1.165, 1.54) is 18.2 Å². The zero-order chi connectivity index (χ0) is 14.0. The number of aliphatic hydroxyl groups is 1. The maximum atomic E-state index is 10.6. The molecule has 1 heterocycles. The van der Waals surface area contributed by atoms with Crippen LogP contribution in [0.3, 0.4) is 0 Å². The van der Waals surface area contributed by atoms with E-state index in [1.807, 2.05) is 6.92 Å². The van der Waals surface area contributed by atoms with Crippen molar-refractivity contribution >= 4 is 22.8 Å². The average molecular weight is 265 g/mol. The molecule has 0 saturated carbocycles. The van der Waals surface area contributed by atoms with Crippen molar-refractivity contribution in [2.24, 2.45) is 0 Å². The lowest BCUT2D eigenvalue weighted by atomic mass is 10.0. The molecule has 0 aliphatic heterocycles. The SMILES string of the molecule is CCC(C)(O)CNc1nc2ccc([N+](=O)[O-])cc2o1. The Morgan fingerprint density at radius 2 is 2.32 bits per heavy atom. The van der Waals surface area contributed by atoms with Crippen LogP contribution in [0.15, 0.2) is 22.6 Å². The molecule has 0 saturated heterocycles. The van der Waals surface area contributed by atoms with E-state index in [4.69, 9.17) is 4.42 Å². The number of oxazole rings is 1. The van der Waals surface area contributed by atoms with Crippen molar-refractivity contribution in [2.75, 3.05) is 11.9 Å². The average Bonchev–Trinajstić information content (AvgIpc) is 2.78. The van der Waals surface area contributed by atoms with Crippen LogP contribution in [-0.4, -0.2) is 27.2 Å². The largest absolute Gasteiger partial charge is 0.423 e. The van der Waals surface area contributed by atoms with E-state index in [-0.39, 0.29) is 11.7 Å². The molecular weight excluding hydrogens is 250 g/mol. The van der Waals surface area contributed by atoms with Gasteiger partial charge in [0.15, 0.2) is 5.58 Å². The summed E-state index contributed by atoms with van der Waals surface area (Å²) in [4.78, 5) is 14.3. The van der Waals surface area contributed by atoms with E-state index in [2.05, 4.69) is 10.3 Å². The van der Waals surface area contributed by atoms with Gasteiger partial charge in [0.1, 0.15) is 5.52 Å². The smallest absolute Gasteiger partial charge is 0.295 e. The lowest BCUT2D eigenvalue weighted by Gasteiger charge is -2.20. The summed E-state index contributed by atoms with van der Waals surface area (Å²) < 4.78 is 5.36. The first-order valence-electron chi connectivity index (χ1n) is 5.92. The predicted octanol–water partition coefficient (Wildman–Crippen LogP) is 2.31. The molecule has 0 amide bonds. The number of anilines is 1. The third-order valence-electron chi connectivity index (χ3n) is 2.96. The third kappa shape index (κ3) is 3.00. The first-order chi connectivity index (χ1) is 8.91. The zero-order valence-electron chi connectivity index (χ0n) is 10.7. The number of rotatable bonds is 5. The molecule has 1 aromatic carbocycles. The fourth-order valence-corrected chi connectivity index (χ4v) is 1.49. The van der Waals surface area contributed by atoms with Crippen molar-refractivity contribution in [1.82, 2.24) is 4.98 Å². The molecule has 0 fully saturated rings. The number of hydrogen-bond donors (Lipinski definition) is 2. The minimum Gasteiger partial charge on any atom is -0.423 e. The van der Waals surface area contributed by atoms with Gasteiger partial charge in [-0.1, -0.05) is 6.92 Å². The van der Waals surface area contributed by atoms with Gasteiger partial charge >= 0.3 is 0 Å². The summed E-state index contributed by atoms with van der Waals surface area (Å²) in [6.07, 6.45) is 0.589. The van der Waals surface area contributed by atoms with Gasteiger partial charge in [-0.15, -0.1) is 0 Å². The molecule has 102 valence electrons. The van der Waals surface area contributed by atoms with Crippen LogP contribution in [0.5, 0.6) is 0 Å². The monoisotopic (exact) mass is 265 g/mol. The number of nitrogens with one attached hydrogen (secondary N) is 1. The Labute approximate surface area is 109 Å². The van der Waals surface area contributed by atoms with E-state index in [0.717, 1.165) is 0 Å². The number of nitrogens with zero attached hydrogens (tertiary/aromatic N) is 2. The van der Waals surface area contributed by atoms with E-state index in [0.29, 0.717) is 24.1 Å². The number of nitro groups is 1. The summed E-state index contributed by atoms with van der Waals surface area (Å²) in [6, 6.07) is 4.46. The van der Waals surface area contributed by atoms with Crippen molar-refractivity contribution in [3.8, 4) is 0 Å². The zero-order valence-corrected chi connectivity index (χ0v) is 10.7. The molecular formula is C12H15N3O4. The second-order valence-corrected chi connectivity index (χ2v) is 4.63. The molecule has 2 N–H and O–H groups in total. The van der Waals surface area contributed by atoms with Crippen LogP contribution in [0.4, 0.5) is 11.7 Å². The molecule has 0 aliphatic carbocycles. The lowest BCUT2D eigenvalue weighted by molar-refractivity contribution is -0.384. The minimum atomic E-state index is -0.855. The van der Waals surface area contributed by atoms with Crippen molar-refractivity contribution < 1.29 is 14.4 Å². The lowest BCUT2D eigenvalue weighted by Crippen LogP contribution is -2.32. The molecule has 0 aliphatic rings. The van der Waals surface area contributed by atoms with Crippen molar-refractivity contribution in [3.63, 3.8) is 0 Å². The van der Waals surface area contributed by atoms with Crippen LogP contribution in [0.1, 0.15) is 20.3 Å². The number of aromatic nitrogens is 1. The Kier molecular flexibility index (Phi) is 3.39. The maximum absolute atomic E-state index is 10.6. The van der Waals surface area contributed by atoms with Gasteiger partial charge in [-0.2, -0.15) is 4.98 Å². The van der Waals surface area contributed by atoms with Gasteiger partial charge in [0.2, 0.25) is 0 Å². The van der Waals surface area contributed by atoms with E-state index in [1.54, 1.807) is 6.92 Å². The minimum absolute atomic E-state index is 0.0456. The van der Waals surface area contributed by atoms with Crippen molar-refractivity contribution in [1.29, 1.82) is 0 Å².